The van der Waals surface area contributed by atoms with Crippen LogP contribution in [0.5, 0.6) is 0 Å². The van der Waals surface area contributed by atoms with Gasteiger partial charge in [0, 0.05) is 5.54 Å². The van der Waals surface area contributed by atoms with Crippen molar-refractivity contribution in [2.45, 2.75) is 75.5 Å². The van der Waals surface area contributed by atoms with Crippen molar-refractivity contribution in [2.75, 3.05) is 6.61 Å². The average Bonchev–Trinajstić information content (AvgIpc) is 2.58. The van der Waals surface area contributed by atoms with Crippen LogP contribution in [-0.4, -0.2) is 29.5 Å². The zero-order chi connectivity index (χ0) is 11.4. The summed E-state index contributed by atoms with van der Waals surface area (Å²) in [4.78, 5) is 0. The Labute approximate surface area is 98.4 Å². The molecule has 0 radical (unpaired) electrons. The summed E-state index contributed by atoms with van der Waals surface area (Å²) < 4.78 is 5.89. The first kappa shape index (κ1) is 12.3. The van der Waals surface area contributed by atoms with E-state index in [1.54, 1.807) is 0 Å². The molecule has 3 nitrogen and oxygen atoms in total. The molecular weight excluding hydrogens is 202 g/mol. The smallest absolute Gasteiger partial charge is 0.0834 e. The fraction of sp³-hybridized carbons (Fsp3) is 1.00. The fourth-order valence-electron chi connectivity index (χ4n) is 2.94. The zero-order valence-electron chi connectivity index (χ0n) is 10.2. The summed E-state index contributed by atoms with van der Waals surface area (Å²) in [5.74, 6) is 0. The Morgan fingerprint density at radius 1 is 1.06 bits per heavy atom. The Morgan fingerprint density at radius 3 is 2.50 bits per heavy atom. The van der Waals surface area contributed by atoms with Gasteiger partial charge in [-0.05, 0) is 25.7 Å². The summed E-state index contributed by atoms with van der Waals surface area (Å²) >= 11 is 0. The predicted molar refractivity (Wildman–Crippen MR) is 64.2 cm³/mol. The van der Waals surface area contributed by atoms with Crippen molar-refractivity contribution >= 4 is 0 Å². The summed E-state index contributed by atoms with van der Waals surface area (Å²) in [6.07, 6.45) is 9.81. The van der Waals surface area contributed by atoms with Gasteiger partial charge in [0.2, 0.25) is 0 Å². The Balaban J connectivity index is 1.79. The molecule has 0 aromatic rings. The second-order valence-electron chi connectivity index (χ2n) is 5.62. The van der Waals surface area contributed by atoms with Gasteiger partial charge < -0.3 is 15.6 Å². The molecule has 0 amide bonds. The summed E-state index contributed by atoms with van der Waals surface area (Å²) in [5, 5.41) is 9.94. The van der Waals surface area contributed by atoms with E-state index in [1.165, 1.54) is 25.7 Å². The molecule has 3 heteroatoms. The van der Waals surface area contributed by atoms with Crippen LogP contribution in [0.4, 0.5) is 0 Å². The van der Waals surface area contributed by atoms with E-state index in [1.807, 2.05) is 0 Å². The van der Waals surface area contributed by atoms with E-state index in [0.717, 1.165) is 32.1 Å². The molecule has 2 unspecified atom stereocenters. The lowest BCUT2D eigenvalue weighted by Gasteiger charge is -2.28. The molecule has 94 valence electrons. The normalized spacial score (nSPS) is 34.9. The summed E-state index contributed by atoms with van der Waals surface area (Å²) in [6, 6.07) is 0. The van der Waals surface area contributed by atoms with Crippen LogP contribution in [0.2, 0.25) is 0 Å². The van der Waals surface area contributed by atoms with Gasteiger partial charge >= 0.3 is 0 Å². The fourth-order valence-corrected chi connectivity index (χ4v) is 2.94. The maximum atomic E-state index is 9.94. The number of aliphatic hydroxyl groups excluding tert-OH is 1. The highest BCUT2D eigenvalue weighted by Crippen LogP contribution is 2.29. The minimum atomic E-state index is -0.271. The first-order valence-electron chi connectivity index (χ1n) is 6.78. The molecule has 16 heavy (non-hydrogen) atoms. The zero-order valence-corrected chi connectivity index (χ0v) is 10.2. The molecule has 0 spiro atoms. The molecule has 0 aromatic heterocycles. The molecular formula is C13H25NO2. The lowest BCUT2D eigenvalue weighted by atomic mass is 10.0. The van der Waals surface area contributed by atoms with Gasteiger partial charge in [0.15, 0.2) is 0 Å². The topological polar surface area (TPSA) is 55.5 Å². The van der Waals surface area contributed by atoms with Gasteiger partial charge in [-0.25, -0.2) is 0 Å². The number of rotatable bonds is 3. The molecule has 3 N–H and O–H groups in total. The molecule has 2 saturated carbocycles. The number of aliphatic hydroxyl groups is 1. The molecule has 2 atom stereocenters. The van der Waals surface area contributed by atoms with E-state index in [-0.39, 0.29) is 17.7 Å². The van der Waals surface area contributed by atoms with Gasteiger partial charge in [-0.3, -0.25) is 0 Å². The van der Waals surface area contributed by atoms with Crippen molar-refractivity contribution in [3.8, 4) is 0 Å². The molecule has 0 saturated heterocycles. The highest BCUT2D eigenvalue weighted by molar-refractivity contribution is 4.89. The van der Waals surface area contributed by atoms with Gasteiger partial charge in [0.25, 0.3) is 0 Å². The number of hydrogen-bond donors (Lipinski definition) is 2. The van der Waals surface area contributed by atoms with Gasteiger partial charge in [-0.1, -0.05) is 32.1 Å². The van der Waals surface area contributed by atoms with E-state index in [4.69, 9.17) is 10.5 Å². The van der Waals surface area contributed by atoms with Crippen LogP contribution in [0.15, 0.2) is 0 Å². The molecule has 2 fully saturated rings. The van der Waals surface area contributed by atoms with Gasteiger partial charge in [-0.15, -0.1) is 0 Å². The maximum Gasteiger partial charge on any atom is 0.0834 e. The van der Waals surface area contributed by atoms with Crippen LogP contribution < -0.4 is 5.73 Å². The van der Waals surface area contributed by atoms with E-state index in [9.17, 15) is 5.11 Å². The van der Waals surface area contributed by atoms with Crippen molar-refractivity contribution in [1.29, 1.82) is 0 Å². The lowest BCUT2D eigenvalue weighted by Crippen LogP contribution is -2.44. The Hall–Kier alpha value is -0.120. The number of hydrogen-bond acceptors (Lipinski definition) is 3. The third kappa shape index (κ3) is 3.19. The first-order chi connectivity index (χ1) is 7.70. The van der Waals surface area contributed by atoms with Crippen LogP contribution in [0.3, 0.4) is 0 Å². The second kappa shape index (κ2) is 5.48. The number of nitrogens with two attached hydrogens (primary N) is 1. The lowest BCUT2D eigenvalue weighted by molar-refractivity contribution is -0.0557. The molecule has 0 bridgehead atoms. The summed E-state index contributed by atoms with van der Waals surface area (Å²) in [5.41, 5.74) is 6.15. The van der Waals surface area contributed by atoms with E-state index < -0.39 is 0 Å². The highest BCUT2D eigenvalue weighted by atomic mass is 16.5. The molecule has 0 heterocycles. The van der Waals surface area contributed by atoms with Gasteiger partial charge in [0.05, 0.1) is 18.8 Å². The predicted octanol–water partition coefficient (Wildman–Crippen LogP) is 1.97. The summed E-state index contributed by atoms with van der Waals surface area (Å²) in [6.45, 7) is 0.634. The van der Waals surface area contributed by atoms with Crippen molar-refractivity contribution < 1.29 is 9.84 Å². The van der Waals surface area contributed by atoms with Gasteiger partial charge in [0.1, 0.15) is 0 Å². The molecule has 0 aromatic carbocycles. The second-order valence-corrected chi connectivity index (χ2v) is 5.62. The third-order valence-corrected chi connectivity index (χ3v) is 4.10. The minimum Gasteiger partial charge on any atom is -0.390 e. The van der Waals surface area contributed by atoms with Crippen LogP contribution in [0.1, 0.15) is 57.8 Å². The quantitative estimate of drug-likeness (QED) is 0.725. The average molecular weight is 227 g/mol. The first-order valence-corrected chi connectivity index (χ1v) is 6.78. The SMILES string of the molecule is NC1(COC2CCCCCC2O)CCCC1. The number of ether oxygens (including phenoxy) is 1. The minimum absolute atomic E-state index is 0.0310. The van der Waals surface area contributed by atoms with Crippen LogP contribution in [-0.2, 0) is 4.74 Å². The van der Waals surface area contributed by atoms with Crippen LogP contribution >= 0.6 is 0 Å². The standard InChI is InChI=1S/C13H25NO2/c14-13(8-4-5-9-13)10-16-12-7-3-1-2-6-11(12)15/h11-12,15H,1-10,14H2. The van der Waals surface area contributed by atoms with Crippen molar-refractivity contribution in [1.82, 2.24) is 0 Å². The van der Waals surface area contributed by atoms with E-state index in [0.29, 0.717) is 6.61 Å². The summed E-state index contributed by atoms with van der Waals surface area (Å²) in [7, 11) is 0. The molecule has 2 aliphatic carbocycles. The van der Waals surface area contributed by atoms with Gasteiger partial charge in [-0.2, -0.15) is 0 Å². The Kier molecular flexibility index (Phi) is 4.22. The highest BCUT2D eigenvalue weighted by Gasteiger charge is 2.32. The Morgan fingerprint density at radius 2 is 1.75 bits per heavy atom. The Bertz CT molecular complexity index is 214. The van der Waals surface area contributed by atoms with Crippen molar-refractivity contribution in [3.63, 3.8) is 0 Å². The van der Waals surface area contributed by atoms with Crippen molar-refractivity contribution in [3.05, 3.63) is 0 Å². The molecule has 2 rings (SSSR count). The van der Waals surface area contributed by atoms with Crippen LogP contribution in [0, 0.1) is 0 Å². The van der Waals surface area contributed by atoms with E-state index in [2.05, 4.69) is 0 Å². The van der Waals surface area contributed by atoms with Crippen LogP contribution in [0.25, 0.3) is 0 Å². The van der Waals surface area contributed by atoms with E-state index >= 15 is 0 Å². The monoisotopic (exact) mass is 227 g/mol. The van der Waals surface area contributed by atoms with Crippen molar-refractivity contribution in [2.24, 2.45) is 5.73 Å². The molecule has 0 aliphatic heterocycles. The third-order valence-electron chi connectivity index (χ3n) is 4.10. The maximum absolute atomic E-state index is 9.94. The largest absolute Gasteiger partial charge is 0.390 e. The molecule has 2 aliphatic rings.